The van der Waals surface area contributed by atoms with Crippen LogP contribution in [0, 0.1) is 6.92 Å². The molecule has 0 aliphatic carbocycles. The van der Waals surface area contributed by atoms with Crippen molar-refractivity contribution in [3.05, 3.63) is 34.3 Å². The van der Waals surface area contributed by atoms with E-state index in [0.29, 0.717) is 23.6 Å². The van der Waals surface area contributed by atoms with E-state index in [-0.39, 0.29) is 0 Å². The molecule has 3 heteroatoms. The number of hydrogen-bond acceptors (Lipinski definition) is 1. The molecule has 1 aromatic carbocycles. The topological polar surface area (TPSA) is 26.0 Å². The van der Waals surface area contributed by atoms with Crippen molar-refractivity contribution >= 4 is 11.6 Å². The van der Waals surface area contributed by atoms with Crippen molar-refractivity contribution in [1.29, 1.82) is 0 Å². The fourth-order valence-electron chi connectivity index (χ4n) is 1.21. The van der Waals surface area contributed by atoms with Crippen molar-refractivity contribution in [3.63, 3.8) is 0 Å². The summed E-state index contributed by atoms with van der Waals surface area (Å²) < 4.78 is 13.4. The third-order valence-electron chi connectivity index (χ3n) is 1.91. The van der Waals surface area contributed by atoms with E-state index < -0.39 is 6.17 Å². The van der Waals surface area contributed by atoms with Gasteiger partial charge in [-0.3, -0.25) is 0 Å². The van der Waals surface area contributed by atoms with Gasteiger partial charge in [-0.25, -0.2) is 4.39 Å². The number of nitrogens with two attached hydrogens (primary N) is 1. The average Bonchev–Trinajstić information content (AvgIpc) is 2.09. The second-order valence-electron chi connectivity index (χ2n) is 3.07. The molecule has 0 bridgehead atoms. The molecule has 1 nitrogen and oxygen atoms in total. The summed E-state index contributed by atoms with van der Waals surface area (Å²) in [6.07, 6.45) is -0.721. The van der Waals surface area contributed by atoms with Gasteiger partial charge in [-0.15, -0.1) is 0 Å². The zero-order chi connectivity index (χ0) is 9.84. The predicted molar refractivity (Wildman–Crippen MR) is 53.7 cm³/mol. The minimum absolute atomic E-state index is 0.323. The molecule has 0 amide bonds. The minimum atomic E-state index is -1.04. The van der Waals surface area contributed by atoms with Gasteiger partial charge in [0.05, 0.1) is 0 Å². The van der Waals surface area contributed by atoms with E-state index in [1.165, 1.54) is 0 Å². The van der Waals surface area contributed by atoms with Crippen LogP contribution in [0.4, 0.5) is 4.39 Å². The van der Waals surface area contributed by atoms with E-state index in [2.05, 4.69) is 0 Å². The van der Waals surface area contributed by atoms with Crippen molar-refractivity contribution in [2.75, 3.05) is 6.54 Å². The summed E-state index contributed by atoms with van der Waals surface area (Å²) in [6.45, 7) is 2.25. The normalized spacial score (nSPS) is 12.9. The Labute approximate surface area is 82.7 Å². The first kappa shape index (κ1) is 10.5. The molecule has 1 aromatic rings. The van der Waals surface area contributed by atoms with Crippen molar-refractivity contribution in [1.82, 2.24) is 0 Å². The molecule has 2 N–H and O–H groups in total. The lowest BCUT2D eigenvalue weighted by Gasteiger charge is -2.09. The number of benzene rings is 1. The van der Waals surface area contributed by atoms with Gasteiger partial charge in [-0.1, -0.05) is 29.3 Å². The molecule has 1 atom stereocenters. The van der Waals surface area contributed by atoms with Crippen LogP contribution in [0.1, 0.15) is 23.7 Å². The maximum atomic E-state index is 13.4. The van der Waals surface area contributed by atoms with E-state index in [4.69, 9.17) is 17.3 Å². The third kappa shape index (κ3) is 2.68. The fourth-order valence-corrected chi connectivity index (χ4v) is 1.44. The molecule has 0 saturated heterocycles. The molecule has 0 aliphatic heterocycles. The molecule has 0 spiro atoms. The SMILES string of the molecule is Cc1ccc(Cl)c(C(F)CCN)c1. The summed E-state index contributed by atoms with van der Waals surface area (Å²) in [4.78, 5) is 0. The smallest absolute Gasteiger partial charge is 0.128 e. The summed E-state index contributed by atoms with van der Waals surface area (Å²) in [6, 6.07) is 5.35. The molecular formula is C10H13ClFN. The standard InChI is InChI=1S/C10H13ClFN/c1-7-2-3-9(11)8(6-7)10(12)4-5-13/h2-3,6,10H,4-5,13H2,1H3. The first-order valence-corrected chi connectivity index (χ1v) is 4.63. The van der Waals surface area contributed by atoms with Crippen LogP contribution < -0.4 is 5.73 Å². The number of rotatable bonds is 3. The van der Waals surface area contributed by atoms with E-state index >= 15 is 0 Å². The van der Waals surface area contributed by atoms with Gasteiger partial charge >= 0.3 is 0 Å². The van der Waals surface area contributed by atoms with E-state index in [9.17, 15) is 4.39 Å². The number of hydrogen-bond donors (Lipinski definition) is 1. The molecule has 0 heterocycles. The van der Waals surface area contributed by atoms with E-state index in [1.807, 2.05) is 13.0 Å². The second-order valence-corrected chi connectivity index (χ2v) is 3.48. The van der Waals surface area contributed by atoms with Crippen LogP contribution in [0.25, 0.3) is 0 Å². The summed E-state index contributed by atoms with van der Waals surface area (Å²) in [7, 11) is 0. The molecule has 0 aromatic heterocycles. The van der Waals surface area contributed by atoms with Crippen LogP contribution >= 0.6 is 11.6 Å². The van der Waals surface area contributed by atoms with Crippen molar-refractivity contribution in [3.8, 4) is 0 Å². The largest absolute Gasteiger partial charge is 0.330 e. The molecule has 0 radical (unpaired) electrons. The maximum absolute atomic E-state index is 13.4. The lowest BCUT2D eigenvalue weighted by Crippen LogP contribution is -2.04. The number of alkyl halides is 1. The Bertz CT molecular complexity index is 288. The molecule has 72 valence electrons. The van der Waals surface area contributed by atoms with Gasteiger partial charge in [0, 0.05) is 10.6 Å². The number of halogens is 2. The van der Waals surface area contributed by atoms with Crippen LogP contribution in [-0.4, -0.2) is 6.54 Å². The second kappa shape index (κ2) is 4.58. The molecule has 0 fully saturated rings. The van der Waals surface area contributed by atoms with Gasteiger partial charge in [0.2, 0.25) is 0 Å². The highest BCUT2D eigenvalue weighted by Crippen LogP contribution is 2.28. The average molecular weight is 202 g/mol. The Kier molecular flexibility index (Phi) is 3.70. The van der Waals surface area contributed by atoms with Crippen molar-refractivity contribution < 1.29 is 4.39 Å². The van der Waals surface area contributed by atoms with Gasteiger partial charge in [0.1, 0.15) is 6.17 Å². The first-order valence-electron chi connectivity index (χ1n) is 4.25. The highest BCUT2D eigenvalue weighted by atomic mass is 35.5. The molecule has 0 saturated carbocycles. The van der Waals surface area contributed by atoms with Gasteiger partial charge in [-0.2, -0.15) is 0 Å². The van der Waals surface area contributed by atoms with Crippen molar-refractivity contribution in [2.24, 2.45) is 5.73 Å². The van der Waals surface area contributed by atoms with Crippen LogP contribution in [-0.2, 0) is 0 Å². The quantitative estimate of drug-likeness (QED) is 0.800. The molecule has 1 rings (SSSR count). The number of aryl methyl sites for hydroxylation is 1. The van der Waals surface area contributed by atoms with Gasteiger partial charge in [0.25, 0.3) is 0 Å². The summed E-state index contributed by atoms with van der Waals surface area (Å²) in [5, 5.41) is 0.478. The van der Waals surface area contributed by atoms with Gasteiger partial charge < -0.3 is 5.73 Å². The lowest BCUT2D eigenvalue weighted by atomic mass is 10.1. The Morgan fingerprint density at radius 1 is 1.54 bits per heavy atom. The van der Waals surface area contributed by atoms with Crippen LogP contribution in [0.15, 0.2) is 18.2 Å². The maximum Gasteiger partial charge on any atom is 0.128 e. The predicted octanol–water partition coefficient (Wildman–Crippen LogP) is 3.01. The highest BCUT2D eigenvalue weighted by molar-refractivity contribution is 6.31. The summed E-state index contributed by atoms with van der Waals surface area (Å²) in [5.74, 6) is 0. The summed E-state index contributed by atoms with van der Waals surface area (Å²) >= 11 is 5.85. The van der Waals surface area contributed by atoms with Crippen molar-refractivity contribution in [2.45, 2.75) is 19.5 Å². The van der Waals surface area contributed by atoms with E-state index in [1.54, 1.807) is 12.1 Å². The molecule has 0 aliphatic rings. The Hall–Kier alpha value is -0.600. The first-order chi connectivity index (χ1) is 6.15. The van der Waals surface area contributed by atoms with Crippen LogP contribution in [0.5, 0.6) is 0 Å². The Balaban J connectivity index is 2.91. The molecule has 13 heavy (non-hydrogen) atoms. The van der Waals surface area contributed by atoms with Gasteiger partial charge in [0.15, 0.2) is 0 Å². The minimum Gasteiger partial charge on any atom is -0.330 e. The lowest BCUT2D eigenvalue weighted by molar-refractivity contribution is 0.328. The fraction of sp³-hybridized carbons (Fsp3) is 0.400. The Morgan fingerprint density at radius 3 is 2.85 bits per heavy atom. The van der Waals surface area contributed by atoms with Crippen LogP contribution in [0.2, 0.25) is 5.02 Å². The van der Waals surface area contributed by atoms with E-state index in [0.717, 1.165) is 5.56 Å². The molecule has 1 unspecified atom stereocenters. The Morgan fingerprint density at radius 2 is 2.23 bits per heavy atom. The highest BCUT2D eigenvalue weighted by Gasteiger charge is 2.12. The zero-order valence-corrected chi connectivity index (χ0v) is 8.31. The third-order valence-corrected chi connectivity index (χ3v) is 2.25. The zero-order valence-electron chi connectivity index (χ0n) is 7.56. The monoisotopic (exact) mass is 201 g/mol. The molecular weight excluding hydrogens is 189 g/mol. The summed E-state index contributed by atoms with van der Waals surface area (Å²) in [5.41, 5.74) is 6.83. The van der Waals surface area contributed by atoms with Gasteiger partial charge in [-0.05, 0) is 26.0 Å². The van der Waals surface area contributed by atoms with Crippen LogP contribution in [0.3, 0.4) is 0 Å².